The average Bonchev–Trinajstić information content (AvgIpc) is 2.40. The highest BCUT2D eigenvalue weighted by atomic mass is 16.5. The largest absolute Gasteiger partial charge is 0.481 e. The Morgan fingerprint density at radius 3 is 2.76 bits per heavy atom. The highest BCUT2D eigenvalue weighted by Crippen LogP contribution is 2.27. The molecule has 1 aliphatic rings. The second-order valence-corrected chi connectivity index (χ2v) is 4.78. The minimum atomic E-state index is 0.468. The number of aromatic nitrogens is 2. The van der Waals surface area contributed by atoms with Gasteiger partial charge in [-0.3, -0.25) is 0 Å². The van der Waals surface area contributed by atoms with Crippen molar-refractivity contribution in [2.24, 2.45) is 5.92 Å². The molecule has 0 bridgehead atoms. The monoisotopic (exact) mass is 235 g/mol. The first-order valence-electron chi connectivity index (χ1n) is 6.42. The van der Waals surface area contributed by atoms with Crippen molar-refractivity contribution in [3.8, 4) is 5.88 Å². The Morgan fingerprint density at radius 1 is 1.29 bits per heavy atom. The number of hydrogen-bond acceptors (Lipinski definition) is 4. The summed E-state index contributed by atoms with van der Waals surface area (Å²) in [4.78, 5) is 8.22. The molecule has 17 heavy (non-hydrogen) atoms. The zero-order valence-corrected chi connectivity index (χ0v) is 10.6. The molecule has 0 spiro atoms. The lowest BCUT2D eigenvalue weighted by Crippen LogP contribution is -2.28. The minimum absolute atomic E-state index is 0.468. The van der Waals surface area contributed by atoms with Crippen molar-refractivity contribution in [3.63, 3.8) is 0 Å². The number of nitrogens with one attached hydrogen (secondary N) is 1. The number of methoxy groups -OCH3 is 1. The molecule has 1 fully saturated rings. The third-order valence-corrected chi connectivity index (χ3v) is 3.58. The van der Waals surface area contributed by atoms with Crippen LogP contribution in [0.2, 0.25) is 0 Å². The van der Waals surface area contributed by atoms with Gasteiger partial charge in [0.1, 0.15) is 12.1 Å². The topological polar surface area (TPSA) is 47.0 Å². The summed E-state index contributed by atoms with van der Waals surface area (Å²) in [6.07, 6.45) is 8.32. The second-order valence-electron chi connectivity index (χ2n) is 4.78. The van der Waals surface area contributed by atoms with E-state index >= 15 is 0 Å². The summed E-state index contributed by atoms with van der Waals surface area (Å²) < 4.78 is 5.09. The maximum absolute atomic E-state index is 5.09. The van der Waals surface area contributed by atoms with Gasteiger partial charge in [-0.2, -0.15) is 0 Å². The van der Waals surface area contributed by atoms with Crippen LogP contribution in [0, 0.1) is 5.92 Å². The van der Waals surface area contributed by atoms with Crippen molar-refractivity contribution in [2.45, 2.75) is 45.1 Å². The van der Waals surface area contributed by atoms with Gasteiger partial charge in [-0.25, -0.2) is 9.97 Å². The van der Waals surface area contributed by atoms with E-state index in [0.29, 0.717) is 11.9 Å². The van der Waals surface area contributed by atoms with E-state index < -0.39 is 0 Å². The molecule has 0 radical (unpaired) electrons. The summed E-state index contributed by atoms with van der Waals surface area (Å²) in [6, 6.07) is 2.31. The maximum Gasteiger partial charge on any atom is 0.218 e. The molecule has 1 N–H and O–H groups in total. The van der Waals surface area contributed by atoms with Gasteiger partial charge in [-0.15, -0.1) is 0 Å². The van der Waals surface area contributed by atoms with Crippen LogP contribution >= 0.6 is 0 Å². The standard InChI is InChI=1S/C13H21N3O/c1-10(11-6-4-3-5-7-11)16-12-8-13(17-2)15-9-14-12/h8-11H,3-7H2,1-2H3,(H,14,15,16). The lowest BCUT2D eigenvalue weighted by Gasteiger charge is -2.28. The molecular formula is C13H21N3O. The van der Waals surface area contributed by atoms with Gasteiger partial charge in [-0.05, 0) is 25.7 Å². The highest BCUT2D eigenvalue weighted by Gasteiger charge is 2.20. The first-order valence-corrected chi connectivity index (χ1v) is 6.42. The van der Waals surface area contributed by atoms with E-state index in [9.17, 15) is 0 Å². The fourth-order valence-electron chi connectivity index (χ4n) is 2.52. The summed E-state index contributed by atoms with van der Waals surface area (Å²) >= 11 is 0. The number of anilines is 1. The quantitative estimate of drug-likeness (QED) is 0.871. The molecule has 0 aromatic carbocycles. The molecule has 4 heteroatoms. The van der Waals surface area contributed by atoms with Crippen molar-refractivity contribution in [3.05, 3.63) is 12.4 Å². The molecule has 2 rings (SSSR count). The van der Waals surface area contributed by atoms with E-state index in [4.69, 9.17) is 4.74 Å². The number of nitrogens with zero attached hydrogens (tertiary/aromatic N) is 2. The predicted molar refractivity (Wildman–Crippen MR) is 68.2 cm³/mol. The summed E-state index contributed by atoms with van der Waals surface area (Å²) in [5.74, 6) is 2.23. The van der Waals surface area contributed by atoms with Gasteiger partial charge in [0, 0.05) is 12.1 Å². The molecular weight excluding hydrogens is 214 g/mol. The summed E-state index contributed by atoms with van der Waals surface area (Å²) in [6.45, 7) is 2.24. The van der Waals surface area contributed by atoms with Gasteiger partial charge < -0.3 is 10.1 Å². The van der Waals surface area contributed by atoms with Crippen molar-refractivity contribution in [1.82, 2.24) is 9.97 Å². The van der Waals surface area contributed by atoms with Crippen LogP contribution in [0.25, 0.3) is 0 Å². The van der Waals surface area contributed by atoms with Crippen LogP contribution in [0.1, 0.15) is 39.0 Å². The van der Waals surface area contributed by atoms with E-state index in [1.165, 1.54) is 38.4 Å². The van der Waals surface area contributed by atoms with Gasteiger partial charge in [0.2, 0.25) is 5.88 Å². The van der Waals surface area contributed by atoms with Crippen LogP contribution in [-0.4, -0.2) is 23.1 Å². The molecule has 0 aliphatic heterocycles. The molecule has 94 valence electrons. The fraction of sp³-hybridized carbons (Fsp3) is 0.692. The van der Waals surface area contributed by atoms with Crippen LogP contribution in [0.5, 0.6) is 5.88 Å². The van der Waals surface area contributed by atoms with Gasteiger partial charge in [0.15, 0.2) is 0 Å². The lowest BCUT2D eigenvalue weighted by molar-refractivity contribution is 0.328. The van der Waals surface area contributed by atoms with Crippen LogP contribution in [0.15, 0.2) is 12.4 Å². The maximum atomic E-state index is 5.09. The van der Waals surface area contributed by atoms with Gasteiger partial charge in [0.25, 0.3) is 0 Å². The first-order chi connectivity index (χ1) is 8.29. The molecule has 1 aromatic heterocycles. The van der Waals surface area contributed by atoms with Gasteiger partial charge in [0.05, 0.1) is 7.11 Å². The molecule has 4 nitrogen and oxygen atoms in total. The van der Waals surface area contributed by atoms with Gasteiger partial charge >= 0.3 is 0 Å². The Hall–Kier alpha value is -1.32. The van der Waals surface area contributed by atoms with E-state index in [1.807, 2.05) is 6.07 Å². The Bertz CT molecular complexity index is 350. The van der Waals surface area contributed by atoms with Crippen LogP contribution in [0.4, 0.5) is 5.82 Å². The average molecular weight is 235 g/mol. The third kappa shape index (κ3) is 3.32. The highest BCUT2D eigenvalue weighted by molar-refractivity contribution is 5.38. The number of rotatable bonds is 4. The molecule has 1 aromatic rings. The molecule has 0 saturated heterocycles. The van der Waals surface area contributed by atoms with Crippen molar-refractivity contribution < 1.29 is 4.74 Å². The van der Waals surface area contributed by atoms with E-state index in [1.54, 1.807) is 7.11 Å². The lowest BCUT2D eigenvalue weighted by atomic mass is 9.84. The van der Waals surface area contributed by atoms with Crippen LogP contribution < -0.4 is 10.1 Å². The second kappa shape index (κ2) is 5.84. The van der Waals surface area contributed by atoms with Crippen molar-refractivity contribution in [1.29, 1.82) is 0 Å². The first kappa shape index (κ1) is 12.1. The number of hydrogen-bond donors (Lipinski definition) is 1. The molecule has 1 aliphatic carbocycles. The van der Waals surface area contributed by atoms with Crippen molar-refractivity contribution >= 4 is 5.82 Å². The molecule has 1 atom stereocenters. The minimum Gasteiger partial charge on any atom is -0.481 e. The van der Waals surface area contributed by atoms with E-state index in [2.05, 4.69) is 22.2 Å². The predicted octanol–water partition coefficient (Wildman–Crippen LogP) is 2.87. The summed E-state index contributed by atoms with van der Waals surface area (Å²) in [5, 5.41) is 3.46. The number of ether oxygens (including phenoxy) is 1. The SMILES string of the molecule is COc1cc(NC(C)C2CCCCC2)ncn1. The molecule has 1 heterocycles. The zero-order valence-electron chi connectivity index (χ0n) is 10.6. The molecule has 0 amide bonds. The fourth-order valence-corrected chi connectivity index (χ4v) is 2.52. The van der Waals surface area contributed by atoms with Crippen LogP contribution in [0.3, 0.4) is 0 Å². The summed E-state index contributed by atoms with van der Waals surface area (Å²) in [5.41, 5.74) is 0. The van der Waals surface area contributed by atoms with E-state index in [0.717, 1.165) is 11.7 Å². The van der Waals surface area contributed by atoms with Crippen LogP contribution in [-0.2, 0) is 0 Å². The zero-order chi connectivity index (χ0) is 12.1. The summed E-state index contributed by atoms with van der Waals surface area (Å²) in [7, 11) is 1.62. The van der Waals surface area contributed by atoms with Crippen molar-refractivity contribution in [2.75, 3.05) is 12.4 Å². The van der Waals surface area contributed by atoms with E-state index in [-0.39, 0.29) is 0 Å². The Balaban J connectivity index is 1.94. The molecule has 1 unspecified atom stereocenters. The smallest absolute Gasteiger partial charge is 0.218 e. The van der Waals surface area contributed by atoms with Gasteiger partial charge in [-0.1, -0.05) is 19.3 Å². The Morgan fingerprint density at radius 2 is 2.06 bits per heavy atom. The Kier molecular flexibility index (Phi) is 4.18. The normalized spacial score (nSPS) is 18.7. The third-order valence-electron chi connectivity index (χ3n) is 3.58. The molecule has 1 saturated carbocycles. The Labute approximate surface area is 103 Å².